The number of rotatable bonds is 4. The lowest BCUT2D eigenvalue weighted by Crippen LogP contribution is -2.49. The summed E-state index contributed by atoms with van der Waals surface area (Å²) >= 11 is 0. The molecule has 3 aromatic carbocycles. The van der Waals surface area contributed by atoms with Gasteiger partial charge in [-0.3, -0.25) is 0 Å². The van der Waals surface area contributed by atoms with Gasteiger partial charge in [-0.05, 0) is 23.6 Å². The minimum absolute atomic E-state index is 0. The molecule has 2 aliphatic heterocycles. The first-order valence-electron chi connectivity index (χ1n) is 9.95. The van der Waals surface area contributed by atoms with E-state index in [0.717, 1.165) is 38.2 Å². The van der Waals surface area contributed by atoms with Crippen molar-refractivity contribution in [2.45, 2.75) is 24.4 Å². The monoisotopic (exact) mass is 391 g/mol. The second-order valence-corrected chi connectivity index (χ2v) is 7.73. The number of fused-ring (bicyclic) bond motifs is 3. The van der Waals surface area contributed by atoms with Crippen molar-refractivity contribution in [3.8, 4) is 5.75 Å². The maximum Gasteiger partial charge on any atom is 0.143 e. The van der Waals surface area contributed by atoms with Crippen LogP contribution in [0, 0.1) is 0 Å². The minimum Gasteiger partial charge on any atom is -0.482 e. The van der Waals surface area contributed by atoms with E-state index in [1.807, 2.05) is 0 Å². The van der Waals surface area contributed by atoms with Crippen LogP contribution >= 0.6 is 12.4 Å². The molecule has 1 saturated heterocycles. The fraction of sp³-hybridized carbons (Fsp3) is 0.280. The number of halogens is 1. The first kappa shape index (κ1) is 19.0. The van der Waals surface area contributed by atoms with Crippen LogP contribution in [0.4, 0.5) is 0 Å². The first-order chi connectivity index (χ1) is 13.4. The largest absolute Gasteiger partial charge is 0.482 e. The van der Waals surface area contributed by atoms with Crippen LogP contribution in [-0.4, -0.2) is 24.5 Å². The summed E-state index contributed by atoms with van der Waals surface area (Å²) in [6.45, 7) is 3.23. The number of nitrogens with zero attached hydrogens (tertiary/aromatic N) is 1. The third-order valence-electron chi connectivity index (χ3n) is 6.21. The molecule has 2 heterocycles. The molecule has 3 aromatic rings. The molecule has 0 unspecified atom stereocenters. The van der Waals surface area contributed by atoms with Crippen LogP contribution in [0.3, 0.4) is 0 Å². The van der Waals surface area contributed by atoms with E-state index in [9.17, 15) is 0 Å². The lowest BCUT2D eigenvalue weighted by molar-refractivity contribution is 0.000174. The highest BCUT2D eigenvalue weighted by molar-refractivity contribution is 5.85. The zero-order valence-electron chi connectivity index (χ0n) is 16.0. The molecular weight excluding hydrogens is 366 g/mol. The van der Waals surface area contributed by atoms with Gasteiger partial charge >= 0.3 is 0 Å². The fourth-order valence-corrected chi connectivity index (χ4v) is 4.78. The van der Waals surface area contributed by atoms with Gasteiger partial charge in [0.05, 0.1) is 0 Å². The Morgan fingerprint density at radius 2 is 1.54 bits per heavy atom. The van der Waals surface area contributed by atoms with E-state index in [2.05, 4.69) is 89.8 Å². The van der Waals surface area contributed by atoms with Gasteiger partial charge in [0, 0.05) is 37.5 Å². The third-order valence-corrected chi connectivity index (χ3v) is 6.21. The van der Waals surface area contributed by atoms with Crippen molar-refractivity contribution in [3.63, 3.8) is 0 Å². The number of likely N-dealkylation sites (tertiary alicyclic amines) is 1. The van der Waals surface area contributed by atoms with E-state index in [0.29, 0.717) is 5.92 Å². The molecule has 0 aliphatic carbocycles. The lowest BCUT2D eigenvalue weighted by Gasteiger charge is -2.43. The summed E-state index contributed by atoms with van der Waals surface area (Å²) in [5.41, 5.74) is 3.88. The predicted octanol–water partition coefficient (Wildman–Crippen LogP) is 5.43. The van der Waals surface area contributed by atoms with Crippen LogP contribution in [0.25, 0.3) is 0 Å². The van der Waals surface area contributed by atoms with Crippen molar-refractivity contribution in [3.05, 3.63) is 102 Å². The Labute approximate surface area is 173 Å². The van der Waals surface area contributed by atoms with Gasteiger partial charge in [-0.15, -0.1) is 12.4 Å². The van der Waals surface area contributed by atoms with Crippen LogP contribution in [0.5, 0.6) is 5.75 Å². The van der Waals surface area contributed by atoms with Gasteiger partial charge in [0.2, 0.25) is 0 Å². The molecule has 0 spiro atoms. The van der Waals surface area contributed by atoms with Gasteiger partial charge < -0.3 is 9.64 Å². The maximum absolute atomic E-state index is 6.67. The second kappa shape index (κ2) is 7.98. The molecule has 0 amide bonds. The quantitative estimate of drug-likeness (QED) is 0.588. The molecule has 0 aromatic heterocycles. The second-order valence-electron chi connectivity index (χ2n) is 7.73. The summed E-state index contributed by atoms with van der Waals surface area (Å²) in [5, 5.41) is 0. The van der Waals surface area contributed by atoms with Crippen molar-refractivity contribution in [2.75, 3.05) is 19.6 Å². The number of benzene rings is 3. The van der Waals surface area contributed by atoms with E-state index >= 15 is 0 Å². The number of hydrogen-bond donors (Lipinski definition) is 0. The highest BCUT2D eigenvalue weighted by atomic mass is 35.5. The number of ether oxygens (including phenoxy) is 1. The Balaban J connectivity index is 0.00000192. The van der Waals surface area contributed by atoms with Crippen molar-refractivity contribution >= 4 is 12.4 Å². The SMILES string of the molecule is Cl.c1ccc(CCN2CC[C@]3(c4ccccc4)Oc4ccccc4[C@@H]3C2)cc1. The standard InChI is InChI=1S/C25H25NO.ClH/c1-3-9-20(10-4-1)15-17-26-18-16-25(21-11-5-2-6-12-21)23(19-26)22-13-7-8-14-24(22)27-25;/h1-14,23H,15-19H2;1H/t23-,25+;/m0./s1. The van der Waals surface area contributed by atoms with Gasteiger partial charge in [0.15, 0.2) is 0 Å². The number of piperidine rings is 1. The van der Waals surface area contributed by atoms with Crippen LogP contribution in [0.1, 0.15) is 29.0 Å². The van der Waals surface area contributed by atoms with E-state index in [1.54, 1.807) is 0 Å². The summed E-state index contributed by atoms with van der Waals surface area (Å²) in [6, 6.07) is 30.3. The van der Waals surface area contributed by atoms with E-state index in [-0.39, 0.29) is 18.0 Å². The van der Waals surface area contributed by atoms with Crippen LogP contribution in [0.15, 0.2) is 84.9 Å². The van der Waals surface area contributed by atoms with E-state index < -0.39 is 0 Å². The van der Waals surface area contributed by atoms with Gasteiger partial charge in [-0.25, -0.2) is 0 Å². The molecule has 0 saturated carbocycles. The molecule has 144 valence electrons. The lowest BCUT2D eigenvalue weighted by atomic mass is 9.74. The normalized spacial score (nSPS) is 23.2. The summed E-state index contributed by atoms with van der Waals surface area (Å²) in [7, 11) is 0. The third kappa shape index (κ3) is 3.32. The Morgan fingerprint density at radius 1 is 0.857 bits per heavy atom. The molecule has 2 aliphatic rings. The Bertz CT molecular complexity index is 914. The average molecular weight is 392 g/mol. The molecule has 0 radical (unpaired) electrons. The van der Waals surface area contributed by atoms with Gasteiger partial charge in [0.25, 0.3) is 0 Å². The summed E-state index contributed by atoms with van der Waals surface area (Å²) in [4.78, 5) is 2.62. The van der Waals surface area contributed by atoms with E-state index in [1.165, 1.54) is 16.7 Å². The molecule has 28 heavy (non-hydrogen) atoms. The molecule has 1 fully saturated rings. The molecule has 3 heteroatoms. The van der Waals surface area contributed by atoms with Crippen molar-refractivity contribution in [1.29, 1.82) is 0 Å². The molecule has 0 bridgehead atoms. The molecule has 2 atom stereocenters. The smallest absolute Gasteiger partial charge is 0.143 e. The minimum atomic E-state index is -0.214. The predicted molar refractivity (Wildman–Crippen MR) is 116 cm³/mol. The zero-order valence-corrected chi connectivity index (χ0v) is 16.8. The molecular formula is C25H26ClNO. The molecule has 5 rings (SSSR count). The highest BCUT2D eigenvalue weighted by Gasteiger charge is 2.52. The Morgan fingerprint density at radius 3 is 2.32 bits per heavy atom. The topological polar surface area (TPSA) is 12.5 Å². The van der Waals surface area contributed by atoms with Crippen LogP contribution < -0.4 is 4.74 Å². The number of para-hydroxylation sites is 1. The summed E-state index contributed by atoms with van der Waals surface area (Å²) in [5.74, 6) is 1.46. The first-order valence-corrected chi connectivity index (χ1v) is 9.95. The zero-order chi connectivity index (χ0) is 18.1. The van der Waals surface area contributed by atoms with Crippen molar-refractivity contribution in [1.82, 2.24) is 4.90 Å². The van der Waals surface area contributed by atoms with Gasteiger partial charge in [-0.1, -0.05) is 78.9 Å². The van der Waals surface area contributed by atoms with Crippen molar-refractivity contribution in [2.24, 2.45) is 0 Å². The summed E-state index contributed by atoms with van der Waals surface area (Å²) < 4.78 is 6.67. The highest BCUT2D eigenvalue weighted by Crippen LogP contribution is 2.54. The van der Waals surface area contributed by atoms with Crippen LogP contribution in [-0.2, 0) is 12.0 Å². The van der Waals surface area contributed by atoms with Gasteiger partial charge in [0.1, 0.15) is 11.4 Å². The van der Waals surface area contributed by atoms with Crippen LogP contribution in [0.2, 0.25) is 0 Å². The Kier molecular flexibility index (Phi) is 5.43. The van der Waals surface area contributed by atoms with E-state index in [4.69, 9.17) is 4.74 Å². The molecule has 2 nitrogen and oxygen atoms in total. The molecule has 0 N–H and O–H groups in total. The summed E-state index contributed by atoms with van der Waals surface area (Å²) in [6.07, 6.45) is 2.14. The fourth-order valence-electron chi connectivity index (χ4n) is 4.78. The van der Waals surface area contributed by atoms with Gasteiger partial charge in [-0.2, -0.15) is 0 Å². The number of hydrogen-bond acceptors (Lipinski definition) is 2. The maximum atomic E-state index is 6.67. The average Bonchev–Trinajstić information content (AvgIpc) is 3.09. The Hall–Kier alpha value is -2.29. The van der Waals surface area contributed by atoms with Crippen molar-refractivity contribution < 1.29 is 4.74 Å².